The van der Waals surface area contributed by atoms with Crippen LogP contribution in [0.1, 0.15) is 0 Å². The third-order valence-corrected chi connectivity index (χ3v) is 1.85. The van der Waals surface area contributed by atoms with E-state index in [2.05, 4.69) is 0 Å². The summed E-state index contributed by atoms with van der Waals surface area (Å²) in [5, 5.41) is 18.2. The van der Waals surface area contributed by atoms with Crippen LogP contribution in [0.15, 0.2) is 0 Å². The minimum atomic E-state index is -1.54. The van der Waals surface area contributed by atoms with Gasteiger partial charge in [-0.05, 0) is 0 Å². The Hall–Kier alpha value is -1.14. The van der Waals surface area contributed by atoms with Gasteiger partial charge in [-0.1, -0.05) is 0 Å². The van der Waals surface area contributed by atoms with Crippen LogP contribution in [0.2, 0.25) is 0 Å². The molecule has 6 heteroatoms. The van der Waals surface area contributed by atoms with Crippen LogP contribution < -0.4 is 0 Å². The Bertz CT molecular complexity index is 208. The normalized spacial score (nSPS) is 31.3. The molecule has 0 unspecified atom stereocenters. The number of nitrogens with zero attached hydrogens (tertiary/aromatic N) is 2. The lowest BCUT2D eigenvalue weighted by Gasteiger charge is -2.36. The van der Waals surface area contributed by atoms with Gasteiger partial charge in [0, 0.05) is 14.1 Å². The second-order valence-corrected chi connectivity index (χ2v) is 2.65. The van der Waals surface area contributed by atoms with Gasteiger partial charge in [0.25, 0.3) is 5.91 Å². The van der Waals surface area contributed by atoms with Crippen molar-refractivity contribution in [2.24, 2.45) is 0 Å². The number of carbonyl (C=O) groups is 2. The summed E-state index contributed by atoms with van der Waals surface area (Å²) in [6.07, 6.45) is -2.99. The maximum absolute atomic E-state index is 11.1. The van der Waals surface area contributed by atoms with E-state index in [1.54, 1.807) is 0 Å². The molecule has 1 rings (SSSR count). The molecule has 12 heavy (non-hydrogen) atoms. The topological polar surface area (TPSA) is 81.1 Å². The minimum Gasteiger partial charge on any atom is -0.379 e. The van der Waals surface area contributed by atoms with E-state index in [4.69, 9.17) is 10.2 Å². The fourth-order valence-corrected chi connectivity index (χ4v) is 0.982. The number of imide groups is 1. The molecule has 1 fully saturated rings. The van der Waals surface area contributed by atoms with Gasteiger partial charge in [0.1, 0.15) is 0 Å². The van der Waals surface area contributed by atoms with E-state index < -0.39 is 24.3 Å². The van der Waals surface area contributed by atoms with Gasteiger partial charge in [0.05, 0.1) is 0 Å². The molecule has 0 aromatic rings. The van der Waals surface area contributed by atoms with Crippen LogP contribution in [0, 0.1) is 0 Å². The highest BCUT2D eigenvalue weighted by Gasteiger charge is 2.40. The maximum Gasteiger partial charge on any atom is 0.328 e. The predicted molar refractivity (Wildman–Crippen MR) is 37.9 cm³/mol. The maximum atomic E-state index is 11.1. The van der Waals surface area contributed by atoms with Crippen molar-refractivity contribution in [3.05, 3.63) is 0 Å². The summed E-state index contributed by atoms with van der Waals surface area (Å²) in [6.45, 7) is 0. The van der Waals surface area contributed by atoms with Crippen molar-refractivity contribution in [1.29, 1.82) is 0 Å². The molecular formula is C6H10N2O4. The van der Waals surface area contributed by atoms with Crippen molar-refractivity contribution in [3.63, 3.8) is 0 Å². The van der Waals surface area contributed by atoms with Gasteiger partial charge in [0.2, 0.25) is 0 Å². The lowest BCUT2D eigenvalue weighted by Crippen LogP contribution is -2.61. The van der Waals surface area contributed by atoms with Crippen LogP contribution in [0.3, 0.4) is 0 Å². The number of rotatable bonds is 0. The molecule has 1 heterocycles. The van der Waals surface area contributed by atoms with E-state index in [1.165, 1.54) is 14.1 Å². The van der Waals surface area contributed by atoms with Crippen LogP contribution in [0.5, 0.6) is 0 Å². The molecule has 0 aliphatic carbocycles. The van der Waals surface area contributed by atoms with Crippen LogP contribution in [0.4, 0.5) is 4.79 Å². The number of aliphatic hydroxyl groups is 2. The zero-order valence-electron chi connectivity index (χ0n) is 6.76. The highest BCUT2D eigenvalue weighted by Crippen LogP contribution is 2.12. The average molecular weight is 174 g/mol. The second kappa shape index (κ2) is 2.72. The predicted octanol–water partition coefficient (Wildman–Crippen LogP) is -1.81. The largest absolute Gasteiger partial charge is 0.379 e. The van der Waals surface area contributed by atoms with Crippen LogP contribution in [-0.2, 0) is 4.79 Å². The third-order valence-electron chi connectivity index (χ3n) is 1.85. The number of hydrogen-bond acceptors (Lipinski definition) is 4. The first-order valence-electron chi connectivity index (χ1n) is 3.37. The van der Waals surface area contributed by atoms with Crippen molar-refractivity contribution < 1.29 is 19.8 Å². The summed E-state index contributed by atoms with van der Waals surface area (Å²) >= 11 is 0. The van der Waals surface area contributed by atoms with E-state index in [0.717, 1.165) is 9.80 Å². The van der Waals surface area contributed by atoms with Gasteiger partial charge in [-0.25, -0.2) is 4.79 Å². The first-order valence-corrected chi connectivity index (χ1v) is 3.37. The second-order valence-electron chi connectivity index (χ2n) is 2.65. The van der Waals surface area contributed by atoms with Crippen molar-refractivity contribution in [1.82, 2.24) is 9.80 Å². The summed E-state index contributed by atoms with van der Waals surface area (Å²) in [5.41, 5.74) is 0. The number of urea groups is 1. The first-order chi connectivity index (χ1) is 5.46. The third kappa shape index (κ3) is 1.05. The van der Waals surface area contributed by atoms with Crippen LogP contribution >= 0.6 is 0 Å². The van der Waals surface area contributed by atoms with Crippen molar-refractivity contribution in [2.45, 2.75) is 12.3 Å². The molecule has 0 bridgehead atoms. The molecule has 1 saturated heterocycles. The fraction of sp³-hybridized carbons (Fsp3) is 0.667. The number of hydrogen-bond donors (Lipinski definition) is 2. The standard InChI is InChI=1S/C6H10N2O4/c1-7-4(10)3(9)5(11)8(2)6(7)12/h3-4,9-10H,1-2H3/t3-,4-/m1/s1. The van der Waals surface area contributed by atoms with Crippen molar-refractivity contribution in [3.8, 4) is 0 Å². The molecule has 1 aliphatic heterocycles. The number of likely N-dealkylation sites (N-methyl/N-ethyl adjacent to an activating group) is 2. The van der Waals surface area contributed by atoms with E-state index in [-0.39, 0.29) is 0 Å². The molecule has 6 nitrogen and oxygen atoms in total. The molecule has 0 radical (unpaired) electrons. The summed E-state index contributed by atoms with van der Waals surface area (Å²) in [4.78, 5) is 23.7. The Labute approximate surface area is 69.0 Å². The van der Waals surface area contributed by atoms with Crippen molar-refractivity contribution >= 4 is 11.9 Å². The molecule has 0 spiro atoms. The van der Waals surface area contributed by atoms with E-state index in [1.807, 2.05) is 0 Å². The number of amides is 3. The molecule has 1 aliphatic rings. The quantitative estimate of drug-likeness (QED) is 0.453. The summed E-state index contributed by atoms with van der Waals surface area (Å²) in [5.74, 6) is -0.786. The lowest BCUT2D eigenvalue weighted by molar-refractivity contribution is -0.156. The fourth-order valence-electron chi connectivity index (χ4n) is 0.982. The molecule has 68 valence electrons. The molecule has 0 aromatic carbocycles. The summed E-state index contributed by atoms with van der Waals surface area (Å²) < 4.78 is 0. The smallest absolute Gasteiger partial charge is 0.328 e. The van der Waals surface area contributed by atoms with E-state index in [9.17, 15) is 9.59 Å². The van der Waals surface area contributed by atoms with Gasteiger partial charge in [-0.2, -0.15) is 0 Å². The molecule has 0 saturated carbocycles. The zero-order valence-corrected chi connectivity index (χ0v) is 6.76. The molecular weight excluding hydrogens is 164 g/mol. The molecule has 3 amide bonds. The highest BCUT2D eigenvalue weighted by molar-refractivity contribution is 5.99. The number of carbonyl (C=O) groups excluding carboxylic acids is 2. The van der Waals surface area contributed by atoms with Crippen LogP contribution in [0.25, 0.3) is 0 Å². The van der Waals surface area contributed by atoms with Crippen molar-refractivity contribution in [2.75, 3.05) is 14.1 Å². The molecule has 2 atom stereocenters. The molecule has 2 N–H and O–H groups in total. The van der Waals surface area contributed by atoms with Gasteiger partial charge < -0.3 is 10.2 Å². The van der Waals surface area contributed by atoms with Crippen LogP contribution in [-0.4, -0.2) is 58.4 Å². The van der Waals surface area contributed by atoms with Gasteiger partial charge in [-0.15, -0.1) is 0 Å². The Morgan fingerprint density at radius 3 is 2.25 bits per heavy atom. The van der Waals surface area contributed by atoms with Gasteiger partial charge in [0.15, 0.2) is 12.3 Å². The monoisotopic (exact) mass is 174 g/mol. The van der Waals surface area contributed by atoms with E-state index in [0.29, 0.717) is 0 Å². The van der Waals surface area contributed by atoms with Gasteiger partial charge >= 0.3 is 6.03 Å². The lowest BCUT2D eigenvalue weighted by atomic mass is 10.2. The minimum absolute atomic E-state index is 0.627. The van der Waals surface area contributed by atoms with Gasteiger partial charge in [-0.3, -0.25) is 14.6 Å². The first kappa shape index (κ1) is 8.95. The summed E-state index contributed by atoms with van der Waals surface area (Å²) in [7, 11) is 2.55. The molecule has 0 aromatic heterocycles. The highest BCUT2D eigenvalue weighted by atomic mass is 16.4. The SMILES string of the molecule is CN1C(=O)[C@H](O)[C@@H](O)N(C)C1=O. The Morgan fingerprint density at radius 1 is 1.25 bits per heavy atom. The Kier molecular flexibility index (Phi) is 2.03. The Morgan fingerprint density at radius 2 is 1.75 bits per heavy atom. The zero-order chi connectivity index (χ0) is 9.46. The summed E-state index contributed by atoms with van der Waals surface area (Å²) in [6, 6.07) is -0.627. The Balaban J connectivity index is 2.91. The van der Waals surface area contributed by atoms with E-state index >= 15 is 0 Å². The average Bonchev–Trinajstić information content (AvgIpc) is 2.08. The number of aliphatic hydroxyl groups excluding tert-OH is 2.